The Bertz CT molecular complexity index is 2140. The zero-order valence-electron chi connectivity index (χ0n) is 27.7. The number of ether oxygens (including phenoxy) is 3. The van der Waals surface area contributed by atoms with Gasteiger partial charge in [0.2, 0.25) is 0 Å². The molecule has 3 atom stereocenters. The summed E-state index contributed by atoms with van der Waals surface area (Å²) in [4.78, 5) is 28.4. The van der Waals surface area contributed by atoms with Gasteiger partial charge in [0.25, 0.3) is 5.56 Å². The van der Waals surface area contributed by atoms with Crippen LogP contribution in [-0.4, -0.2) is 55.6 Å². The molecule has 0 amide bonds. The first-order valence-corrected chi connectivity index (χ1v) is 16.4. The van der Waals surface area contributed by atoms with Crippen molar-refractivity contribution in [1.82, 2.24) is 24.5 Å². The molecular weight excluding hydrogens is 634 g/mol. The Labute approximate surface area is 288 Å². The van der Waals surface area contributed by atoms with Crippen LogP contribution in [0.15, 0.2) is 131 Å². The van der Waals surface area contributed by atoms with Crippen molar-refractivity contribution in [3.63, 3.8) is 0 Å². The third kappa shape index (κ3) is 6.41. The lowest BCUT2D eigenvalue weighted by atomic mass is 9.80. The van der Waals surface area contributed by atoms with Crippen LogP contribution < -0.4 is 16.0 Å². The van der Waals surface area contributed by atoms with Gasteiger partial charge >= 0.3 is 5.69 Å². The molecule has 1 unspecified atom stereocenters. The number of nitrogens with one attached hydrogen (secondary N) is 1. The molecule has 11 nitrogen and oxygen atoms in total. The molecule has 1 fully saturated rings. The third-order valence-electron chi connectivity index (χ3n) is 9.21. The first-order valence-electron chi connectivity index (χ1n) is 16.4. The lowest BCUT2D eigenvalue weighted by Crippen LogP contribution is -2.38. The number of hydrogen-bond acceptors (Lipinski definition) is 8. The van der Waals surface area contributed by atoms with Gasteiger partial charge in [-0.05, 0) is 46.9 Å². The van der Waals surface area contributed by atoms with Crippen molar-refractivity contribution in [2.75, 3.05) is 13.7 Å². The van der Waals surface area contributed by atoms with Crippen LogP contribution in [0.2, 0.25) is 0 Å². The predicted octanol–water partition coefficient (Wildman–Crippen LogP) is 4.82. The number of benzene rings is 4. The Kier molecular flexibility index (Phi) is 9.27. The minimum atomic E-state index is -1.07. The van der Waals surface area contributed by atoms with Crippen LogP contribution in [0.3, 0.4) is 0 Å². The standard InChI is InChI=1S/C39H37N5O6/c1-26-11-9-10-12-27(26)22-43-24-33(41-42-43)32-23-44(38(47)40-37(32)46)36-21-34(45)35(50-36)25-49-39(28-13-5-3-6-14-28,29-15-7-4-8-16-29)30-17-19-31(48-2)20-18-30/h3-20,23-24,34-36,45H,21-22,25H2,1-2H3,(H,40,46,47)/t34?,35-,36-/m0/s1. The van der Waals surface area contributed by atoms with Crippen molar-refractivity contribution in [3.05, 3.63) is 170 Å². The summed E-state index contributed by atoms with van der Waals surface area (Å²) in [6.07, 6.45) is 0.566. The molecular formula is C39H37N5O6. The largest absolute Gasteiger partial charge is 0.497 e. The van der Waals surface area contributed by atoms with E-state index in [9.17, 15) is 14.7 Å². The Morgan fingerprint density at radius 3 is 2.18 bits per heavy atom. The first-order chi connectivity index (χ1) is 24.4. The van der Waals surface area contributed by atoms with Crippen molar-refractivity contribution < 1.29 is 19.3 Å². The van der Waals surface area contributed by atoms with Crippen LogP contribution in [0.25, 0.3) is 11.3 Å². The van der Waals surface area contributed by atoms with Gasteiger partial charge < -0.3 is 19.3 Å². The van der Waals surface area contributed by atoms with Crippen molar-refractivity contribution in [2.45, 2.75) is 43.9 Å². The Morgan fingerprint density at radius 2 is 1.52 bits per heavy atom. The third-order valence-corrected chi connectivity index (χ3v) is 9.21. The summed E-state index contributed by atoms with van der Waals surface area (Å²) < 4.78 is 21.6. The molecule has 1 aliphatic rings. The number of aliphatic hydroxyl groups excluding tert-OH is 1. The number of aromatic amines is 1. The average Bonchev–Trinajstić information content (AvgIpc) is 3.76. The predicted molar refractivity (Wildman–Crippen MR) is 187 cm³/mol. The molecule has 0 aliphatic carbocycles. The van der Waals surface area contributed by atoms with E-state index >= 15 is 0 Å². The molecule has 11 heteroatoms. The van der Waals surface area contributed by atoms with Gasteiger partial charge in [-0.2, -0.15) is 0 Å². The minimum Gasteiger partial charge on any atom is -0.497 e. The molecule has 0 bridgehead atoms. The van der Waals surface area contributed by atoms with Crippen molar-refractivity contribution in [2.24, 2.45) is 0 Å². The van der Waals surface area contributed by atoms with E-state index in [1.54, 1.807) is 18.0 Å². The monoisotopic (exact) mass is 671 g/mol. The van der Waals surface area contributed by atoms with Gasteiger partial charge in [-0.25, -0.2) is 9.48 Å². The molecule has 50 heavy (non-hydrogen) atoms. The van der Waals surface area contributed by atoms with Crippen LogP contribution in [0.5, 0.6) is 5.75 Å². The zero-order valence-corrected chi connectivity index (χ0v) is 27.7. The number of aryl methyl sites for hydroxylation is 1. The maximum Gasteiger partial charge on any atom is 0.330 e. The van der Waals surface area contributed by atoms with E-state index in [2.05, 4.69) is 15.3 Å². The van der Waals surface area contributed by atoms with E-state index in [1.807, 2.05) is 116 Å². The summed E-state index contributed by atoms with van der Waals surface area (Å²) >= 11 is 0. The highest BCUT2D eigenvalue weighted by Gasteiger charge is 2.42. The fraction of sp³-hybridized carbons (Fsp3) is 0.231. The summed E-state index contributed by atoms with van der Waals surface area (Å²) in [5, 5.41) is 19.7. The molecule has 0 radical (unpaired) electrons. The van der Waals surface area contributed by atoms with Gasteiger partial charge in [0.05, 0.1) is 38.1 Å². The second kappa shape index (κ2) is 14.1. The number of hydrogen-bond donors (Lipinski definition) is 2. The highest BCUT2D eigenvalue weighted by molar-refractivity contribution is 5.55. The lowest BCUT2D eigenvalue weighted by Gasteiger charge is -2.37. The van der Waals surface area contributed by atoms with E-state index in [1.165, 1.54) is 10.8 Å². The Hall–Kier alpha value is -5.62. The molecule has 4 aromatic carbocycles. The Balaban J connectivity index is 1.17. The first kappa shape index (κ1) is 32.9. The average molecular weight is 672 g/mol. The van der Waals surface area contributed by atoms with Gasteiger partial charge in [-0.1, -0.05) is 102 Å². The van der Waals surface area contributed by atoms with E-state index < -0.39 is 35.3 Å². The fourth-order valence-electron chi connectivity index (χ4n) is 6.51. The molecule has 254 valence electrons. The van der Waals surface area contributed by atoms with Crippen LogP contribution in [0.4, 0.5) is 0 Å². The molecule has 7 rings (SSSR count). The SMILES string of the molecule is COc1ccc(C(OC[C@@H]2O[C@H](n3cc(-c4cn(Cc5ccccc5C)nn4)c(=O)[nH]c3=O)CC2O)(c2ccccc2)c2ccccc2)cc1. The number of aliphatic hydroxyl groups is 1. The highest BCUT2D eigenvalue weighted by atomic mass is 16.6. The van der Waals surface area contributed by atoms with Gasteiger partial charge in [0, 0.05) is 12.6 Å². The maximum atomic E-state index is 13.1. The van der Waals surface area contributed by atoms with Crippen LogP contribution in [0, 0.1) is 6.92 Å². The number of nitrogens with zero attached hydrogens (tertiary/aromatic N) is 4. The normalized spacial score (nSPS) is 17.5. The second-order valence-electron chi connectivity index (χ2n) is 12.3. The van der Waals surface area contributed by atoms with E-state index in [-0.39, 0.29) is 18.6 Å². The molecule has 2 N–H and O–H groups in total. The second-order valence-corrected chi connectivity index (χ2v) is 12.3. The molecule has 1 aliphatic heterocycles. The topological polar surface area (TPSA) is 133 Å². The molecule has 0 saturated carbocycles. The summed E-state index contributed by atoms with van der Waals surface area (Å²) in [6, 6.07) is 35.4. The molecule has 0 spiro atoms. The van der Waals surface area contributed by atoms with Gasteiger partial charge in [-0.15, -0.1) is 5.10 Å². The van der Waals surface area contributed by atoms with Gasteiger partial charge in [-0.3, -0.25) is 14.3 Å². The zero-order chi connectivity index (χ0) is 34.7. The lowest BCUT2D eigenvalue weighted by molar-refractivity contribution is -0.0944. The van der Waals surface area contributed by atoms with E-state index in [0.29, 0.717) is 18.0 Å². The maximum absolute atomic E-state index is 13.1. The van der Waals surface area contributed by atoms with Crippen LogP contribution in [0.1, 0.15) is 40.5 Å². The molecule has 3 heterocycles. The van der Waals surface area contributed by atoms with E-state index in [0.717, 1.165) is 27.8 Å². The minimum absolute atomic E-state index is 0.00826. The van der Waals surface area contributed by atoms with Gasteiger partial charge in [0.15, 0.2) is 0 Å². The highest BCUT2D eigenvalue weighted by Crippen LogP contribution is 2.42. The van der Waals surface area contributed by atoms with Gasteiger partial charge in [0.1, 0.15) is 29.4 Å². The Morgan fingerprint density at radius 1 is 0.880 bits per heavy atom. The van der Waals surface area contributed by atoms with Crippen LogP contribution in [-0.2, 0) is 21.6 Å². The summed E-state index contributed by atoms with van der Waals surface area (Å²) in [5.74, 6) is 0.709. The fourth-order valence-corrected chi connectivity index (χ4v) is 6.51. The number of rotatable bonds is 11. The number of H-pyrrole nitrogens is 1. The van der Waals surface area contributed by atoms with Crippen molar-refractivity contribution in [1.29, 1.82) is 0 Å². The quantitative estimate of drug-likeness (QED) is 0.188. The molecule has 1 saturated heterocycles. The van der Waals surface area contributed by atoms with Crippen molar-refractivity contribution >= 4 is 0 Å². The summed E-state index contributed by atoms with van der Waals surface area (Å²) in [5.41, 5.74) is 2.95. The van der Waals surface area contributed by atoms with Crippen molar-refractivity contribution in [3.8, 4) is 17.0 Å². The number of aromatic nitrogens is 5. The smallest absolute Gasteiger partial charge is 0.330 e. The summed E-state index contributed by atoms with van der Waals surface area (Å²) in [6.45, 7) is 2.48. The van der Waals surface area contributed by atoms with Crippen LogP contribution >= 0.6 is 0 Å². The number of methoxy groups -OCH3 is 1. The molecule has 2 aromatic heterocycles. The summed E-state index contributed by atoms with van der Waals surface area (Å²) in [7, 11) is 1.62. The van der Waals surface area contributed by atoms with E-state index in [4.69, 9.17) is 14.2 Å². The molecule has 6 aromatic rings.